The summed E-state index contributed by atoms with van der Waals surface area (Å²) in [6.07, 6.45) is 4.82. The maximum Gasteiger partial charge on any atom is 0.137 e. The minimum atomic E-state index is -0.180. The lowest BCUT2D eigenvalue weighted by Crippen LogP contribution is -2.42. The second-order valence-electron chi connectivity index (χ2n) is 7.48. The molecule has 1 aliphatic carbocycles. The van der Waals surface area contributed by atoms with E-state index in [9.17, 15) is 4.39 Å². The van der Waals surface area contributed by atoms with Crippen molar-refractivity contribution in [2.24, 2.45) is 17.3 Å². The SMILES string of the molecule is CNC1CCC(C(C)(C)C)CC1Cc1ccc(F)c(Br)c1. The van der Waals surface area contributed by atoms with Crippen LogP contribution in [0.3, 0.4) is 0 Å². The Morgan fingerprint density at radius 2 is 2.00 bits per heavy atom. The van der Waals surface area contributed by atoms with Crippen LogP contribution in [0.5, 0.6) is 0 Å². The predicted octanol–water partition coefficient (Wildman–Crippen LogP) is 5.18. The average Bonchev–Trinajstić information content (AvgIpc) is 2.42. The van der Waals surface area contributed by atoms with Crippen molar-refractivity contribution in [2.45, 2.75) is 52.5 Å². The van der Waals surface area contributed by atoms with Crippen LogP contribution in [0.4, 0.5) is 4.39 Å². The number of benzene rings is 1. The summed E-state index contributed by atoms with van der Waals surface area (Å²) >= 11 is 3.30. The van der Waals surface area contributed by atoms with Gasteiger partial charge in [0.15, 0.2) is 0 Å². The summed E-state index contributed by atoms with van der Waals surface area (Å²) in [7, 11) is 2.07. The lowest BCUT2D eigenvalue weighted by atomic mass is 9.66. The smallest absolute Gasteiger partial charge is 0.137 e. The van der Waals surface area contributed by atoms with Crippen molar-refractivity contribution < 1.29 is 4.39 Å². The van der Waals surface area contributed by atoms with Gasteiger partial charge in [-0.1, -0.05) is 26.8 Å². The van der Waals surface area contributed by atoms with E-state index in [1.54, 1.807) is 6.07 Å². The summed E-state index contributed by atoms with van der Waals surface area (Å²) in [4.78, 5) is 0. The highest BCUT2D eigenvalue weighted by molar-refractivity contribution is 9.10. The van der Waals surface area contributed by atoms with Gasteiger partial charge in [-0.15, -0.1) is 0 Å². The van der Waals surface area contributed by atoms with Gasteiger partial charge in [0.25, 0.3) is 0 Å². The molecule has 118 valence electrons. The molecule has 0 aromatic heterocycles. The molecule has 21 heavy (non-hydrogen) atoms. The largest absolute Gasteiger partial charge is 0.317 e. The van der Waals surface area contributed by atoms with Gasteiger partial charge in [-0.25, -0.2) is 4.39 Å². The Bertz CT molecular complexity index is 481. The molecule has 1 aromatic carbocycles. The quantitative estimate of drug-likeness (QED) is 0.787. The molecule has 2 rings (SSSR count). The van der Waals surface area contributed by atoms with Crippen LogP contribution in [0.1, 0.15) is 45.6 Å². The zero-order valence-electron chi connectivity index (χ0n) is 13.5. The van der Waals surface area contributed by atoms with Crippen LogP contribution in [-0.4, -0.2) is 13.1 Å². The van der Waals surface area contributed by atoms with Gasteiger partial charge in [0.05, 0.1) is 4.47 Å². The van der Waals surface area contributed by atoms with Gasteiger partial charge in [-0.05, 0) is 83.6 Å². The molecule has 3 heteroatoms. The van der Waals surface area contributed by atoms with Gasteiger partial charge in [0.1, 0.15) is 5.82 Å². The van der Waals surface area contributed by atoms with E-state index < -0.39 is 0 Å². The van der Waals surface area contributed by atoms with Crippen molar-refractivity contribution in [3.63, 3.8) is 0 Å². The molecule has 0 aliphatic heterocycles. The number of hydrogen-bond donors (Lipinski definition) is 1. The molecule has 1 aromatic rings. The van der Waals surface area contributed by atoms with E-state index >= 15 is 0 Å². The fourth-order valence-electron chi connectivity index (χ4n) is 3.63. The lowest BCUT2D eigenvalue weighted by Gasteiger charge is -2.42. The van der Waals surface area contributed by atoms with Gasteiger partial charge >= 0.3 is 0 Å². The van der Waals surface area contributed by atoms with Gasteiger partial charge in [-0.3, -0.25) is 0 Å². The van der Waals surface area contributed by atoms with E-state index in [2.05, 4.69) is 49.1 Å². The van der Waals surface area contributed by atoms with Crippen LogP contribution < -0.4 is 5.32 Å². The van der Waals surface area contributed by atoms with Crippen LogP contribution in [0.15, 0.2) is 22.7 Å². The Morgan fingerprint density at radius 1 is 1.29 bits per heavy atom. The highest BCUT2D eigenvalue weighted by atomic mass is 79.9. The molecule has 1 nitrogen and oxygen atoms in total. The third kappa shape index (κ3) is 4.29. The summed E-state index contributed by atoms with van der Waals surface area (Å²) in [5.74, 6) is 1.22. The van der Waals surface area contributed by atoms with Gasteiger partial charge < -0.3 is 5.32 Å². The van der Waals surface area contributed by atoms with E-state index in [4.69, 9.17) is 0 Å². The Balaban J connectivity index is 2.12. The zero-order valence-corrected chi connectivity index (χ0v) is 15.1. The Morgan fingerprint density at radius 3 is 2.57 bits per heavy atom. The maximum atomic E-state index is 13.4. The minimum absolute atomic E-state index is 0.180. The van der Waals surface area contributed by atoms with E-state index in [-0.39, 0.29) is 5.82 Å². The summed E-state index contributed by atoms with van der Waals surface area (Å²) in [6, 6.07) is 6.00. The zero-order chi connectivity index (χ0) is 15.6. The van der Waals surface area contributed by atoms with Crippen molar-refractivity contribution >= 4 is 15.9 Å². The molecule has 0 saturated heterocycles. The summed E-state index contributed by atoms with van der Waals surface area (Å²) < 4.78 is 14.0. The molecule has 0 spiro atoms. The summed E-state index contributed by atoms with van der Waals surface area (Å²) in [5.41, 5.74) is 1.60. The number of rotatable bonds is 3. The predicted molar refractivity (Wildman–Crippen MR) is 90.9 cm³/mol. The molecule has 1 fully saturated rings. The molecule has 0 amide bonds. The Hall–Kier alpha value is -0.410. The summed E-state index contributed by atoms with van der Waals surface area (Å²) in [5, 5.41) is 3.49. The van der Waals surface area contributed by atoms with E-state index in [0.29, 0.717) is 21.8 Å². The van der Waals surface area contributed by atoms with Crippen molar-refractivity contribution in [3.05, 3.63) is 34.1 Å². The summed E-state index contributed by atoms with van der Waals surface area (Å²) in [6.45, 7) is 7.05. The van der Waals surface area contributed by atoms with Crippen LogP contribution in [0, 0.1) is 23.1 Å². The molecule has 1 aliphatic rings. The van der Waals surface area contributed by atoms with E-state index in [0.717, 1.165) is 12.3 Å². The van der Waals surface area contributed by atoms with E-state index in [1.807, 2.05) is 12.1 Å². The normalized spacial score (nSPS) is 26.9. The highest BCUT2D eigenvalue weighted by Crippen LogP contribution is 2.41. The third-order valence-corrected chi connectivity index (χ3v) is 5.67. The molecule has 0 bridgehead atoms. The molecule has 3 atom stereocenters. The monoisotopic (exact) mass is 355 g/mol. The number of nitrogens with one attached hydrogen (secondary N) is 1. The van der Waals surface area contributed by atoms with Crippen LogP contribution in [0.25, 0.3) is 0 Å². The topological polar surface area (TPSA) is 12.0 Å². The van der Waals surface area contributed by atoms with Crippen molar-refractivity contribution in [1.82, 2.24) is 5.32 Å². The van der Waals surface area contributed by atoms with Crippen LogP contribution in [0.2, 0.25) is 0 Å². The highest BCUT2D eigenvalue weighted by Gasteiger charge is 2.35. The molecule has 3 unspecified atom stereocenters. The van der Waals surface area contributed by atoms with Gasteiger partial charge in [0, 0.05) is 6.04 Å². The number of hydrogen-bond acceptors (Lipinski definition) is 1. The first-order valence-electron chi connectivity index (χ1n) is 7.92. The fourth-order valence-corrected chi connectivity index (χ4v) is 4.05. The van der Waals surface area contributed by atoms with Crippen LogP contribution in [-0.2, 0) is 6.42 Å². The van der Waals surface area contributed by atoms with Gasteiger partial charge in [-0.2, -0.15) is 0 Å². The van der Waals surface area contributed by atoms with Gasteiger partial charge in [0.2, 0.25) is 0 Å². The fraction of sp³-hybridized carbons (Fsp3) is 0.667. The molecule has 0 heterocycles. The van der Waals surface area contributed by atoms with Crippen molar-refractivity contribution in [2.75, 3.05) is 7.05 Å². The third-order valence-electron chi connectivity index (χ3n) is 5.06. The first-order chi connectivity index (χ1) is 9.81. The lowest BCUT2D eigenvalue weighted by molar-refractivity contribution is 0.117. The molecule has 0 radical (unpaired) electrons. The molecular weight excluding hydrogens is 329 g/mol. The number of halogens is 2. The molecular formula is C18H27BrFN. The van der Waals surface area contributed by atoms with Crippen molar-refractivity contribution in [1.29, 1.82) is 0 Å². The standard InChI is InChI=1S/C18H27BrFN/c1-18(2,3)14-6-8-17(21-4)13(11-14)9-12-5-7-16(20)15(19)10-12/h5,7,10,13-14,17,21H,6,8-9,11H2,1-4H3. The van der Waals surface area contributed by atoms with Crippen LogP contribution >= 0.6 is 15.9 Å². The Labute approximate surface area is 136 Å². The average molecular weight is 356 g/mol. The first-order valence-corrected chi connectivity index (χ1v) is 8.71. The second kappa shape index (κ2) is 6.78. The Kier molecular flexibility index (Phi) is 5.48. The minimum Gasteiger partial charge on any atom is -0.317 e. The first kappa shape index (κ1) is 17.0. The van der Waals surface area contributed by atoms with E-state index in [1.165, 1.54) is 24.8 Å². The molecule has 1 N–H and O–H groups in total. The second-order valence-corrected chi connectivity index (χ2v) is 8.34. The molecule has 1 saturated carbocycles. The van der Waals surface area contributed by atoms with Crippen molar-refractivity contribution in [3.8, 4) is 0 Å². The maximum absolute atomic E-state index is 13.4.